The molecule has 186 valence electrons. The smallest absolute Gasteiger partial charge is 0.270 e. The molecule has 2 aromatic heterocycles. The van der Waals surface area contributed by atoms with Crippen LogP contribution in [0.3, 0.4) is 0 Å². The Labute approximate surface area is 205 Å². The van der Waals surface area contributed by atoms with Gasteiger partial charge in [-0.25, -0.2) is 19.1 Å². The molecule has 0 unspecified atom stereocenters. The molecular weight excluding hydrogens is 468 g/mol. The molecule has 36 heavy (non-hydrogen) atoms. The highest BCUT2D eigenvalue weighted by molar-refractivity contribution is 5.43. The fourth-order valence-corrected chi connectivity index (χ4v) is 4.10. The lowest BCUT2D eigenvalue weighted by Crippen LogP contribution is -2.37. The minimum atomic E-state index is -0.487. The molecule has 0 aliphatic rings. The summed E-state index contributed by atoms with van der Waals surface area (Å²) in [6.45, 7) is 0.603. The average molecular weight is 495 g/mol. The van der Waals surface area contributed by atoms with Gasteiger partial charge < -0.3 is 10.2 Å². The Morgan fingerprint density at radius 1 is 0.722 bits per heavy atom. The molecule has 0 fully saturated rings. The SMILES string of the molecule is O=[N+]([O-])c1ccc(O)c(C[n+]2cc[nH]c2CCCCc2[nH]cc[n+]2Cc2cc([N+](=O)[O-])ccc2O)c1. The second-order valence-electron chi connectivity index (χ2n) is 8.42. The number of H-pyrrole nitrogens is 2. The number of nitro groups is 2. The third-order valence-electron chi connectivity index (χ3n) is 6.01. The predicted octanol–water partition coefficient (Wildman–Crippen LogP) is 2.81. The number of aromatic hydroxyl groups is 2. The van der Waals surface area contributed by atoms with E-state index in [2.05, 4.69) is 9.97 Å². The van der Waals surface area contributed by atoms with Crippen molar-refractivity contribution in [1.82, 2.24) is 9.97 Å². The van der Waals surface area contributed by atoms with Crippen LogP contribution < -0.4 is 9.13 Å². The molecular formula is C24H26N6O6+2. The van der Waals surface area contributed by atoms with Crippen LogP contribution in [0.15, 0.2) is 61.2 Å². The van der Waals surface area contributed by atoms with Gasteiger partial charge in [-0.3, -0.25) is 20.2 Å². The summed E-state index contributed by atoms with van der Waals surface area (Å²) in [7, 11) is 0. The van der Waals surface area contributed by atoms with E-state index in [0.29, 0.717) is 24.2 Å². The Hall–Kier alpha value is -4.74. The van der Waals surface area contributed by atoms with E-state index in [-0.39, 0.29) is 22.9 Å². The summed E-state index contributed by atoms with van der Waals surface area (Å²) in [5.41, 5.74) is 0.787. The Bertz CT molecular complexity index is 1290. The van der Waals surface area contributed by atoms with Crippen LogP contribution in [0.1, 0.15) is 35.6 Å². The van der Waals surface area contributed by atoms with Crippen LogP contribution in [0.2, 0.25) is 0 Å². The molecule has 0 aliphatic carbocycles. The van der Waals surface area contributed by atoms with Crippen LogP contribution in [0, 0.1) is 20.2 Å². The number of phenolic OH excluding ortho intramolecular Hbond substituents is 2. The normalized spacial score (nSPS) is 11.0. The Kier molecular flexibility index (Phi) is 7.23. The number of aryl methyl sites for hydroxylation is 2. The van der Waals surface area contributed by atoms with Crippen molar-refractivity contribution in [3.05, 3.63) is 104 Å². The summed E-state index contributed by atoms with van der Waals surface area (Å²) < 4.78 is 3.83. The maximum atomic E-state index is 11.1. The summed E-state index contributed by atoms with van der Waals surface area (Å²) >= 11 is 0. The van der Waals surface area contributed by atoms with Crippen LogP contribution >= 0.6 is 0 Å². The third-order valence-corrected chi connectivity index (χ3v) is 6.01. The molecule has 0 radical (unpaired) electrons. The van der Waals surface area contributed by atoms with Crippen LogP contribution in [0.4, 0.5) is 11.4 Å². The van der Waals surface area contributed by atoms with Crippen molar-refractivity contribution in [2.45, 2.75) is 38.8 Å². The van der Waals surface area contributed by atoms with Crippen LogP contribution in [0.5, 0.6) is 11.5 Å². The molecule has 12 heteroatoms. The second kappa shape index (κ2) is 10.7. The summed E-state index contributed by atoms with van der Waals surface area (Å²) in [6.07, 6.45) is 10.4. The van der Waals surface area contributed by atoms with Crippen molar-refractivity contribution in [2.24, 2.45) is 0 Å². The number of hydrogen-bond donors (Lipinski definition) is 4. The van der Waals surface area contributed by atoms with E-state index in [9.17, 15) is 30.4 Å². The molecule has 4 aromatic rings. The first-order valence-electron chi connectivity index (χ1n) is 11.4. The molecule has 0 atom stereocenters. The van der Waals surface area contributed by atoms with Gasteiger partial charge in [0.05, 0.1) is 9.85 Å². The number of aromatic nitrogens is 4. The maximum Gasteiger partial charge on any atom is 0.270 e. The topological polar surface area (TPSA) is 166 Å². The zero-order valence-electron chi connectivity index (χ0n) is 19.3. The molecule has 2 heterocycles. The number of non-ortho nitro benzene ring substituents is 2. The second-order valence-corrected chi connectivity index (χ2v) is 8.42. The average Bonchev–Trinajstić information content (AvgIpc) is 3.48. The molecule has 0 aliphatic heterocycles. The maximum absolute atomic E-state index is 11.1. The van der Waals surface area contributed by atoms with E-state index in [1.54, 1.807) is 12.4 Å². The van der Waals surface area contributed by atoms with Crippen LogP contribution in [-0.2, 0) is 25.9 Å². The molecule has 4 N–H and O–H groups in total. The summed E-state index contributed by atoms with van der Waals surface area (Å²) in [5, 5.41) is 42.3. The van der Waals surface area contributed by atoms with Crippen LogP contribution in [-0.4, -0.2) is 30.0 Å². The van der Waals surface area contributed by atoms with Crippen molar-refractivity contribution in [1.29, 1.82) is 0 Å². The lowest BCUT2D eigenvalue weighted by molar-refractivity contribution is -0.695. The number of phenols is 2. The van der Waals surface area contributed by atoms with E-state index in [1.165, 1.54) is 36.4 Å². The molecule has 12 nitrogen and oxygen atoms in total. The monoisotopic (exact) mass is 494 g/mol. The van der Waals surface area contributed by atoms with Gasteiger partial charge in [0.15, 0.2) is 0 Å². The molecule has 0 spiro atoms. The number of nitro benzene ring substituents is 2. The van der Waals surface area contributed by atoms with E-state index in [0.717, 1.165) is 37.3 Å². The van der Waals surface area contributed by atoms with Crippen molar-refractivity contribution in [3.8, 4) is 11.5 Å². The lowest BCUT2D eigenvalue weighted by atomic mass is 10.1. The summed E-state index contributed by atoms with van der Waals surface area (Å²) in [6, 6.07) is 7.97. The van der Waals surface area contributed by atoms with Gasteiger partial charge >= 0.3 is 0 Å². The largest absolute Gasteiger partial charge is 0.508 e. The first-order chi connectivity index (χ1) is 17.3. The van der Waals surface area contributed by atoms with Crippen molar-refractivity contribution in [3.63, 3.8) is 0 Å². The van der Waals surface area contributed by atoms with Crippen molar-refractivity contribution in [2.75, 3.05) is 0 Å². The zero-order valence-corrected chi connectivity index (χ0v) is 19.3. The van der Waals surface area contributed by atoms with E-state index in [4.69, 9.17) is 0 Å². The molecule has 0 amide bonds. The first-order valence-corrected chi connectivity index (χ1v) is 11.4. The molecule has 0 bridgehead atoms. The van der Waals surface area contributed by atoms with Gasteiger partial charge in [0.1, 0.15) is 49.4 Å². The van der Waals surface area contributed by atoms with Gasteiger partial charge in [-0.2, -0.15) is 0 Å². The predicted molar refractivity (Wildman–Crippen MR) is 126 cm³/mol. The minimum Gasteiger partial charge on any atom is -0.508 e. The number of imidazole rings is 2. The van der Waals surface area contributed by atoms with Crippen molar-refractivity contribution >= 4 is 11.4 Å². The van der Waals surface area contributed by atoms with E-state index >= 15 is 0 Å². The number of benzene rings is 2. The fourth-order valence-electron chi connectivity index (χ4n) is 4.10. The molecule has 4 rings (SSSR count). The fraction of sp³-hybridized carbons (Fsp3) is 0.250. The highest BCUT2D eigenvalue weighted by Gasteiger charge is 2.18. The Balaban J connectivity index is 1.35. The van der Waals surface area contributed by atoms with Gasteiger partial charge in [0, 0.05) is 48.2 Å². The van der Waals surface area contributed by atoms with Gasteiger partial charge in [0.2, 0.25) is 0 Å². The Morgan fingerprint density at radius 3 is 1.53 bits per heavy atom. The summed E-state index contributed by atoms with van der Waals surface area (Å²) in [5.74, 6) is 1.88. The van der Waals surface area contributed by atoms with Gasteiger partial charge in [-0.05, 0) is 25.0 Å². The van der Waals surface area contributed by atoms with Crippen LogP contribution in [0.25, 0.3) is 0 Å². The van der Waals surface area contributed by atoms with Gasteiger partial charge in [0.25, 0.3) is 23.0 Å². The van der Waals surface area contributed by atoms with Gasteiger partial charge in [-0.1, -0.05) is 0 Å². The minimum absolute atomic E-state index is 0.00586. The molecule has 2 aromatic carbocycles. The highest BCUT2D eigenvalue weighted by atomic mass is 16.6. The lowest BCUT2D eigenvalue weighted by Gasteiger charge is -2.05. The zero-order chi connectivity index (χ0) is 25.7. The quantitative estimate of drug-likeness (QED) is 0.108. The van der Waals surface area contributed by atoms with E-state index in [1.807, 2.05) is 21.5 Å². The van der Waals surface area contributed by atoms with Gasteiger partial charge in [-0.15, -0.1) is 0 Å². The first kappa shape index (κ1) is 24.4. The highest BCUT2D eigenvalue weighted by Crippen LogP contribution is 2.24. The standard InChI is InChI=1S/C24H24N6O6/c31-21-7-5-19(29(33)34)13-17(21)15-27-11-9-25-23(27)3-1-2-4-24-26-10-12-28(24)16-18-14-20(30(35)36)6-8-22(18)32/h5-14,31-32H,1-4,15-16H2/p+2. The third kappa shape index (κ3) is 5.66. The van der Waals surface area contributed by atoms with E-state index < -0.39 is 9.85 Å². The number of nitrogens with zero attached hydrogens (tertiary/aromatic N) is 4. The molecule has 0 saturated heterocycles. The number of nitrogens with one attached hydrogen (secondary N) is 2. The number of hydrogen-bond acceptors (Lipinski definition) is 6. The van der Waals surface area contributed by atoms with Crippen molar-refractivity contribution < 1.29 is 29.2 Å². The number of rotatable bonds is 11. The summed E-state index contributed by atoms with van der Waals surface area (Å²) in [4.78, 5) is 27.5. The Morgan fingerprint density at radius 2 is 1.14 bits per heavy atom. The number of unbranched alkanes of at least 4 members (excludes halogenated alkanes) is 1. The molecule has 0 saturated carbocycles. The number of aromatic amines is 2.